The zero-order chi connectivity index (χ0) is 21.7. The molecule has 0 unspecified atom stereocenters. The van der Waals surface area contributed by atoms with Gasteiger partial charge in [0.25, 0.3) is 5.91 Å². The third-order valence-electron chi connectivity index (χ3n) is 4.90. The first kappa shape index (κ1) is 21.8. The van der Waals surface area contributed by atoms with E-state index in [-0.39, 0.29) is 23.3 Å². The van der Waals surface area contributed by atoms with Gasteiger partial charge in [0, 0.05) is 24.6 Å². The van der Waals surface area contributed by atoms with Crippen molar-refractivity contribution in [1.29, 1.82) is 0 Å². The summed E-state index contributed by atoms with van der Waals surface area (Å²) in [6, 6.07) is 11.7. The number of hydrogen-bond donors (Lipinski definition) is 1. The van der Waals surface area contributed by atoms with Crippen molar-refractivity contribution in [3.8, 4) is 0 Å². The second-order valence-corrected chi connectivity index (χ2v) is 7.27. The topological polar surface area (TPSA) is 61.8 Å². The van der Waals surface area contributed by atoms with Gasteiger partial charge in [-0.3, -0.25) is 9.59 Å². The van der Waals surface area contributed by atoms with Crippen LogP contribution in [0.4, 0.5) is 13.2 Å². The molecular formula is C21H19ClF3N3O2. The summed E-state index contributed by atoms with van der Waals surface area (Å²) in [5.74, 6) is -0.961. The molecule has 5 nitrogen and oxygen atoms in total. The lowest BCUT2D eigenvalue weighted by molar-refractivity contribution is -0.137. The van der Waals surface area contributed by atoms with E-state index in [1.165, 1.54) is 18.2 Å². The lowest BCUT2D eigenvalue weighted by Gasteiger charge is -2.31. The third-order valence-corrected chi connectivity index (χ3v) is 5.23. The number of alkyl halides is 3. The standard InChI is InChI=1S/C21H19ClF3N3O2/c22-18-8-4-2-6-16(18)20(30)28-11-9-14(10-12-28)19(29)27-26-13-15-5-1-3-7-17(15)21(23,24)25/h1-8,13-14H,9-12H2,(H,27,29)/b26-13-. The Balaban J connectivity index is 1.55. The molecule has 1 heterocycles. The molecular weight excluding hydrogens is 419 g/mol. The van der Waals surface area contributed by atoms with Gasteiger partial charge in [-0.05, 0) is 31.0 Å². The van der Waals surface area contributed by atoms with Crippen molar-refractivity contribution >= 4 is 29.6 Å². The number of hydrazone groups is 1. The molecule has 1 fully saturated rings. The number of carbonyl (C=O) groups excluding carboxylic acids is 2. The minimum atomic E-state index is -4.51. The normalized spacial score (nSPS) is 15.4. The van der Waals surface area contributed by atoms with Crippen LogP contribution in [0.25, 0.3) is 0 Å². The fraction of sp³-hybridized carbons (Fsp3) is 0.286. The molecule has 2 aromatic rings. The Hall–Kier alpha value is -2.87. The summed E-state index contributed by atoms with van der Waals surface area (Å²) in [4.78, 5) is 26.5. The van der Waals surface area contributed by atoms with Crippen molar-refractivity contribution in [2.45, 2.75) is 19.0 Å². The van der Waals surface area contributed by atoms with E-state index in [0.29, 0.717) is 36.5 Å². The summed E-state index contributed by atoms with van der Waals surface area (Å²) >= 11 is 6.07. The van der Waals surface area contributed by atoms with Crippen LogP contribution in [0.3, 0.4) is 0 Å². The van der Waals surface area contributed by atoms with Gasteiger partial charge in [-0.15, -0.1) is 0 Å². The van der Waals surface area contributed by atoms with Crippen LogP contribution in [0.1, 0.15) is 34.3 Å². The smallest absolute Gasteiger partial charge is 0.339 e. The van der Waals surface area contributed by atoms with Crippen LogP contribution >= 0.6 is 11.6 Å². The van der Waals surface area contributed by atoms with E-state index in [9.17, 15) is 22.8 Å². The fourth-order valence-corrected chi connectivity index (χ4v) is 3.49. The summed E-state index contributed by atoms with van der Waals surface area (Å²) in [6.45, 7) is 0.755. The molecule has 2 aromatic carbocycles. The first-order valence-corrected chi connectivity index (χ1v) is 9.68. The van der Waals surface area contributed by atoms with E-state index >= 15 is 0 Å². The fourth-order valence-electron chi connectivity index (χ4n) is 3.27. The number of benzene rings is 2. The van der Waals surface area contributed by atoms with Gasteiger partial charge in [-0.2, -0.15) is 18.3 Å². The van der Waals surface area contributed by atoms with Crippen LogP contribution in [-0.2, 0) is 11.0 Å². The van der Waals surface area contributed by atoms with Crippen molar-refractivity contribution < 1.29 is 22.8 Å². The molecule has 0 bridgehead atoms. The van der Waals surface area contributed by atoms with Crippen molar-refractivity contribution in [2.75, 3.05) is 13.1 Å². The number of hydrogen-bond acceptors (Lipinski definition) is 3. The number of rotatable bonds is 4. The Labute approximate surface area is 176 Å². The Morgan fingerprint density at radius 3 is 2.37 bits per heavy atom. The molecule has 1 aliphatic rings. The van der Waals surface area contributed by atoms with Crippen molar-refractivity contribution in [1.82, 2.24) is 10.3 Å². The summed E-state index contributed by atoms with van der Waals surface area (Å²) in [5, 5.41) is 4.05. The molecule has 0 radical (unpaired) electrons. The highest BCUT2D eigenvalue weighted by Crippen LogP contribution is 2.31. The van der Waals surface area contributed by atoms with Gasteiger partial charge in [0.15, 0.2) is 0 Å². The maximum absolute atomic E-state index is 13.0. The summed E-state index contributed by atoms with van der Waals surface area (Å²) in [7, 11) is 0. The molecule has 0 aromatic heterocycles. The maximum atomic E-state index is 13.0. The molecule has 1 aliphatic heterocycles. The minimum Gasteiger partial charge on any atom is -0.339 e. The van der Waals surface area contributed by atoms with E-state index in [2.05, 4.69) is 10.5 Å². The SMILES string of the molecule is O=C(N/N=C\c1ccccc1C(F)(F)F)C1CCN(C(=O)c2ccccc2Cl)CC1. The van der Waals surface area contributed by atoms with Crippen LogP contribution < -0.4 is 5.43 Å². The van der Waals surface area contributed by atoms with Gasteiger partial charge in [-0.25, -0.2) is 5.43 Å². The second kappa shape index (κ2) is 9.30. The predicted molar refractivity (Wildman–Crippen MR) is 107 cm³/mol. The molecule has 0 aliphatic carbocycles. The Morgan fingerprint density at radius 1 is 1.07 bits per heavy atom. The van der Waals surface area contributed by atoms with Gasteiger partial charge < -0.3 is 4.90 Å². The molecule has 158 valence electrons. The summed E-state index contributed by atoms with van der Waals surface area (Å²) in [5.41, 5.74) is 1.76. The molecule has 0 atom stereocenters. The molecule has 2 amide bonds. The Morgan fingerprint density at radius 2 is 1.70 bits per heavy atom. The Bertz CT molecular complexity index is 955. The highest BCUT2D eigenvalue weighted by atomic mass is 35.5. The average molecular weight is 438 g/mol. The summed E-state index contributed by atoms with van der Waals surface area (Å²) < 4.78 is 39.0. The number of nitrogens with one attached hydrogen (secondary N) is 1. The number of amides is 2. The van der Waals surface area contributed by atoms with Crippen molar-refractivity contribution in [3.05, 3.63) is 70.2 Å². The van der Waals surface area contributed by atoms with Gasteiger partial charge in [0.2, 0.25) is 5.91 Å². The number of halogens is 4. The third kappa shape index (κ3) is 5.18. The first-order valence-electron chi connectivity index (χ1n) is 9.30. The molecule has 3 rings (SSSR count). The van der Waals surface area contributed by atoms with Crippen molar-refractivity contribution in [3.63, 3.8) is 0 Å². The number of nitrogens with zero attached hydrogens (tertiary/aromatic N) is 2. The number of piperidine rings is 1. The lowest BCUT2D eigenvalue weighted by atomic mass is 9.95. The largest absolute Gasteiger partial charge is 0.417 e. The van der Waals surface area contributed by atoms with Crippen molar-refractivity contribution in [2.24, 2.45) is 11.0 Å². The predicted octanol–water partition coefficient (Wildman–Crippen LogP) is 4.36. The van der Waals surface area contributed by atoms with E-state index in [4.69, 9.17) is 11.6 Å². The molecule has 0 saturated carbocycles. The quantitative estimate of drug-likeness (QED) is 0.570. The maximum Gasteiger partial charge on any atom is 0.417 e. The molecule has 0 spiro atoms. The highest BCUT2D eigenvalue weighted by molar-refractivity contribution is 6.33. The second-order valence-electron chi connectivity index (χ2n) is 6.87. The van der Waals surface area contributed by atoms with Crippen LogP contribution in [0, 0.1) is 5.92 Å². The van der Waals surface area contributed by atoms with Gasteiger partial charge >= 0.3 is 6.18 Å². The van der Waals surface area contributed by atoms with Gasteiger partial charge in [-0.1, -0.05) is 41.9 Å². The van der Waals surface area contributed by atoms with Crippen LogP contribution in [0.5, 0.6) is 0 Å². The summed E-state index contributed by atoms with van der Waals surface area (Å²) in [6.07, 6.45) is -2.67. The van der Waals surface area contributed by atoms with Crippen LogP contribution in [-0.4, -0.2) is 36.0 Å². The number of carbonyl (C=O) groups is 2. The molecule has 30 heavy (non-hydrogen) atoms. The zero-order valence-corrected chi connectivity index (χ0v) is 16.6. The van der Waals surface area contributed by atoms with E-state index in [0.717, 1.165) is 12.3 Å². The molecule has 9 heteroatoms. The average Bonchev–Trinajstić information content (AvgIpc) is 2.73. The first-order chi connectivity index (χ1) is 14.3. The van der Waals surface area contributed by atoms with E-state index < -0.39 is 11.7 Å². The monoisotopic (exact) mass is 437 g/mol. The molecule has 1 N–H and O–H groups in total. The minimum absolute atomic E-state index is 0.134. The van der Waals surface area contributed by atoms with Crippen LogP contribution in [0.15, 0.2) is 53.6 Å². The lowest BCUT2D eigenvalue weighted by Crippen LogP contribution is -2.42. The van der Waals surface area contributed by atoms with E-state index in [1.807, 2.05) is 0 Å². The van der Waals surface area contributed by atoms with Gasteiger partial charge in [0.05, 0.1) is 22.4 Å². The Kier molecular flexibility index (Phi) is 6.77. The molecule has 1 saturated heterocycles. The van der Waals surface area contributed by atoms with E-state index in [1.54, 1.807) is 29.2 Å². The zero-order valence-electron chi connectivity index (χ0n) is 15.8. The highest BCUT2D eigenvalue weighted by Gasteiger charge is 2.32. The number of likely N-dealkylation sites (tertiary alicyclic amines) is 1. The van der Waals surface area contributed by atoms with Gasteiger partial charge in [0.1, 0.15) is 0 Å². The van der Waals surface area contributed by atoms with Crippen LogP contribution in [0.2, 0.25) is 5.02 Å².